The van der Waals surface area contributed by atoms with Crippen molar-refractivity contribution in [3.8, 4) is 17.2 Å². The highest BCUT2D eigenvalue weighted by Crippen LogP contribution is 2.32. The fourth-order valence-corrected chi connectivity index (χ4v) is 3.61. The molecule has 2 heterocycles. The standard InChI is InChI=1S/C24H26N2O7/c1-30-17-5-2-15(3-6-17)12-25-23(28)11-18-7-8-19(22(13-27)33-18)26-24(29)16-4-9-20-21(10-16)32-14-31-20/h2-10,18-19,22,27H,11-14H2,1H3,(H,25,28)(H,26,29)/t18-,19-,22+/m1/s1. The molecule has 0 aromatic heterocycles. The lowest BCUT2D eigenvalue weighted by molar-refractivity contribution is -0.125. The van der Waals surface area contributed by atoms with E-state index in [1.54, 1.807) is 37.5 Å². The second kappa shape index (κ2) is 10.4. The third-order valence-corrected chi connectivity index (χ3v) is 5.43. The van der Waals surface area contributed by atoms with Gasteiger partial charge in [-0.15, -0.1) is 0 Å². The predicted molar refractivity (Wildman–Crippen MR) is 118 cm³/mol. The first-order chi connectivity index (χ1) is 16.1. The molecule has 4 rings (SSSR count). The van der Waals surface area contributed by atoms with Crippen LogP contribution in [-0.4, -0.2) is 55.7 Å². The molecule has 0 unspecified atom stereocenters. The smallest absolute Gasteiger partial charge is 0.251 e. The number of carbonyl (C=O) groups is 2. The highest BCUT2D eigenvalue weighted by molar-refractivity contribution is 5.95. The Morgan fingerprint density at radius 3 is 2.64 bits per heavy atom. The number of aliphatic hydroxyl groups excluding tert-OH is 1. The van der Waals surface area contributed by atoms with Gasteiger partial charge in [0.2, 0.25) is 12.7 Å². The molecular formula is C24H26N2O7. The Morgan fingerprint density at radius 2 is 1.88 bits per heavy atom. The topological polar surface area (TPSA) is 115 Å². The molecule has 9 nitrogen and oxygen atoms in total. The molecular weight excluding hydrogens is 428 g/mol. The van der Waals surface area contributed by atoms with E-state index >= 15 is 0 Å². The van der Waals surface area contributed by atoms with Crippen LogP contribution in [0.2, 0.25) is 0 Å². The van der Waals surface area contributed by atoms with Gasteiger partial charge in [-0.3, -0.25) is 9.59 Å². The van der Waals surface area contributed by atoms with Gasteiger partial charge in [-0.1, -0.05) is 24.3 Å². The van der Waals surface area contributed by atoms with Gasteiger partial charge in [0, 0.05) is 12.1 Å². The summed E-state index contributed by atoms with van der Waals surface area (Å²) in [4.78, 5) is 25.0. The summed E-state index contributed by atoms with van der Waals surface area (Å²) >= 11 is 0. The average molecular weight is 454 g/mol. The van der Waals surface area contributed by atoms with Crippen LogP contribution in [0.3, 0.4) is 0 Å². The normalized spacial score (nSPS) is 20.8. The molecule has 0 fully saturated rings. The van der Waals surface area contributed by atoms with Crippen molar-refractivity contribution in [2.75, 3.05) is 20.5 Å². The Bertz CT molecular complexity index is 1020. The zero-order valence-corrected chi connectivity index (χ0v) is 18.2. The number of carbonyl (C=O) groups excluding carboxylic acids is 2. The van der Waals surface area contributed by atoms with Crippen LogP contribution in [0.1, 0.15) is 22.3 Å². The van der Waals surface area contributed by atoms with Crippen molar-refractivity contribution in [3.63, 3.8) is 0 Å². The van der Waals surface area contributed by atoms with Gasteiger partial charge in [0.05, 0.1) is 32.3 Å². The number of hydrogen-bond donors (Lipinski definition) is 3. The highest BCUT2D eigenvalue weighted by atomic mass is 16.7. The van der Waals surface area contributed by atoms with E-state index in [9.17, 15) is 14.7 Å². The quantitative estimate of drug-likeness (QED) is 0.519. The van der Waals surface area contributed by atoms with E-state index in [0.29, 0.717) is 23.6 Å². The predicted octanol–water partition coefficient (Wildman–Crippen LogP) is 1.54. The van der Waals surface area contributed by atoms with E-state index in [4.69, 9.17) is 18.9 Å². The largest absolute Gasteiger partial charge is 0.497 e. The van der Waals surface area contributed by atoms with Crippen molar-refractivity contribution in [1.82, 2.24) is 10.6 Å². The number of ether oxygens (including phenoxy) is 4. The summed E-state index contributed by atoms with van der Waals surface area (Å²) in [5.41, 5.74) is 1.35. The highest BCUT2D eigenvalue weighted by Gasteiger charge is 2.29. The number of benzene rings is 2. The molecule has 2 aliphatic rings. The first kappa shape index (κ1) is 22.6. The van der Waals surface area contributed by atoms with Crippen LogP contribution in [0, 0.1) is 0 Å². The van der Waals surface area contributed by atoms with Crippen molar-refractivity contribution in [3.05, 3.63) is 65.7 Å². The van der Waals surface area contributed by atoms with Gasteiger partial charge in [0.1, 0.15) is 11.9 Å². The lowest BCUT2D eigenvalue weighted by Crippen LogP contribution is -2.49. The molecule has 3 N–H and O–H groups in total. The SMILES string of the molecule is COc1ccc(CNC(=O)C[C@H]2C=C[C@@H](NC(=O)c3ccc4c(c3)OCO4)[C@H](CO)O2)cc1. The van der Waals surface area contributed by atoms with Crippen LogP contribution in [0.25, 0.3) is 0 Å². The van der Waals surface area contributed by atoms with E-state index < -0.39 is 18.2 Å². The average Bonchev–Trinajstić information content (AvgIpc) is 3.32. The van der Waals surface area contributed by atoms with Crippen molar-refractivity contribution >= 4 is 11.8 Å². The van der Waals surface area contributed by atoms with E-state index in [2.05, 4.69) is 10.6 Å². The molecule has 2 aliphatic heterocycles. The maximum Gasteiger partial charge on any atom is 0.251 e. The molecule has 2 amide bonds. The molecule has 0 radical (unpaired) electrons. The minimum atomic E-state index is -0.674. The van der Waals surface area contributed by atoms with E-state index in [-0.39, 0.29) is 31.6 Å². The fourth-order valence-electron chi connectivity index (χ4n) is 3.61. The van der Waals surface area contributed by atoms with Gasteiger partial charge in [-0.05, 0) is 35.9 Å². The van der Waals surface area contributed by atoms with Crippen LogP contribution < -0.4 is 24.8 Å². The molecule has 0 saturated carbocycles. The first-order valence-corrected chi connectivity index (χ1v) is 10.6. The summed E-state index contributed by atoms with van der Waals surface area (Å²) < 4.78 is 21.5. The monoisotopic (exact) mass is 454 g/mol. The Balaban J connectivity index is 1.29. The molecule has 0 bridgehead atoms. The van der Waals surface area contributed by atoms with E-state index in [1.165, 1.54) is 0 Å². The minimum absolute atomic E-state index is 0.103. The Kier molecular flexibility index (Phi) is 7.11. The number of rotatable bonds is 8. The molecule has 0 aliphatic carbocycles. The fraction of sp³-hybridized carbons (Fsp3) is 0.333. The Hall–Kier alpha value is -3.56. The zero-order valence-electron chi connectivity index (χ0n) is 18.2. The Labute approximate surface area is 191 Å². The van der Waals surface area contributed by atoms with Crippen molar-refractivity contribution in [1.29, 1.82) is 0 Å². The molecule has 3 atom stereocenters. The number of fused-ring (bicyclic) bond motifs is 1. The third kappa shape index (κ3) is 5.63. The lowest BCUT2D eigenvalue weighted by atomic mass is 10.0. The van der Waals surface area contributed by atoms with Crippen molar-refractivity contribution in [2.24, 2.45) is 0 Å². The second-order valence-electron chi connectivity index (χ2n) is 7.68. The van der Waals surface area contributed by atoms with Gasteiger partial charge in [0.25, 0.3) is 5.91 Å². The van der Waals surface area contributed by atoms with Gasteiger partial charge < -0.3 is 34.7 Å². The van der Waals surface area contributed by atoms with Crippen LogP contribution >= 0.6 is 0 Å². The van der Waals surface area contributed by atoms with Gasteiger partial charge in [0.15, 0.2) is 11.5 Å². The van der Waals surface area contributed by atoms with Crippen LogP contribution in [0.15, 0.2) is 54.6 Å². The summed E-state index contributed by atoms with van der Waals surface area (Å²) in [5, 5.41) is 15.5. The zero-order chi connectivity index (χ0) is 23.2. The van der Waals surface area contributed by atoms with Crippen LogP contribution in [-0.2, 0) is 16.1 Å². The molecule has 2 aromatic rings. The maximum atomic E-state index is 12.6. The van der Waals surface area contributed by atoms with Gasteiger partial charge in [-0.2, -0.15) is 0 Å². The third-order valence-electron chi connectivity index (χ3n) is 5.43. The number of hydrogen-bond acceptors (Lipinski definition) is 7. The summed E-state index contributed by atoms with van der Waals surface area (Å²) in [6.45, 7) is 0.207. The molecule has 0 spiro atoms. The molecule has 9 heteroatoms. The molecule has 0 saturated heterocycles. The molecule has 174 valence electrons. The van der Waals surface area contributed by atoms with Crippen LogP contribution in [0.5, 0.6) is 17.2 Å². The second-order valence-corrected chi connectivity index (χ2v) is 7.68. The van der Waals surface area contributed by atoms with E-state index in [1.807, 2.05) is 24.3 Å². The van der Waals surface area contributed by atoms with Crippen molar-refractivity contribution in [2.45, 2.75) is 31.2 Å². The minimum Gasteiger partial charge on any atom is -0.497 e. The maximum absolute atomic E-state index is 12.6. The lowest BCUT2D eigenvalue weighted by Gasteiger charge is -2.31. The van der Waals surface area contributed by atoms with Gasteiger partial charge >= 0.3 is 0 Å². The van der Waals surface area contributed by atoms with E-state index in [0.717, 1.165) is 11.3 Å². The van der Waals surface area contributed by atoms with Crippen LogP contribution in [0.4, 0.5) is 0 Å². The number of aliphatic hydroxyl groups is 1. The Morgan fingerprint density at radius 1 is 1.09 bits per heavy atom. The number of nitrogens with one attached hydrogen (secondary N) is 2. The summed E-state index contributed by atoms with van der Waals surface area (Å²) in [6, 6.07) is 11.8. The summed E-state index contributed by atoms with van der Waals surface area (Å²) in [7, 11) is 1.60. The molecule has 2 aromatic carbocycles. The number of amides is 2. The first-order valence-electron chi connectivity index (χ1n) is 10.6. The summed E-state index contributed by atoms with van der Waals surface area (Å²) in [5.74, 6) is 1.34. The van der Waals surface area contributed by atoms with Gasteiger partial charge in [-0.25, -0.2) is 0 Å². The number of methoxy groups -OCH3 is 1. The molecule has 33 heavy (non-hydrogen) atoms. The summed E-state index contributed by atoms with van der Waals surface area (Å²) in [6.07, 6.45) is 2.40. The van der Waals surface area contributed by atoms with Crippen molar-refractivity contribution < 1.29 is 33.6 Å².